The Morgan fingerprint density at radius 1 is 1.37 bits per heavy atom. The van der Waals surface area contributed by atoms with E-state index in [0.717, 1.165) is 30.8 Å². The summed E-state index contributed by atoms with van der Waals surface area (Å²) in [4.78, 5) is 2.29. The van der Waals surface area contributed by atoms with Crippen molar-refractivity contribution in [1.82, 2.24) is 4.90 Å². The van der Waals surface area contributed by atoms with Crippen molar-refractivity contribution in [2.24, 2.45) is 0 Å². The highest BCUT2D eigenvalue weighted by molar-refractivity contribution is 5.32. The van der Waals surface area contributed by atoms with E-state index in [1.54, 1.807) is 0 Å². The Kier molecular flexibility index (Phi) is 4.29. The van der Waals surface area contributed by atoms with Crippen LogP contribution in [-0.4, -0.2) is 41.8 Å². The van der Waals surface area contributed by atoms with Gasteiger partial charge in [-0.25, -0.2) is 0 Å². The zero-order chi connectivity index (χ0) is 14.0. The SMILES string of the molecule is Cc1ccc(C)c(C(O)CN2CCOC(C)(C)C2)c1. The number of rotatable bonds is 3. The molecule has 1 N–H and O–H groups in total. The minimum absolute atomic E-state index is 0.111. The van der Waals surface area contributed by atoms with Gasteiger partial charge in [0.05, 0.1) is 18.3 Å². The van der Waals surface area contributed by atoms with Crippen molar-refractivity contribution in [2.75, 3.05) is 26.2 Å². The fourth-order valence-corrected chi connectivity index (χ4v) is 2.73. The molecule has 0 spiro atoms. The van der Waals surface area contributed by atoms with Gasteiger partial charge in [-0.05, 0) is 38.8 Å². The second-order valence-corrected chi connectivity index (χ2v) is 6.22. The summed E-state index contributed by atoms with van der Waals surface area (Å²) >= 11 is 0. The molecule has 1 fully saturated rings. The molecule has 1 heterocycles. The molecule has 3 heteroatoms. The first-order valence-electron chi connectivity index (χ1n) is 6.99. The van der Waals surface area contributed by atoms with Crippen LogP contribution in [-0.2, 0) is 4.74 Å². The van der Waals surface area contributed by atoms with Gasteiger partial charge in [-0.3, -0.25) is 4.90 Å². The smallest absolute Gasteiger partial charge is 0.0919 e. The summed E-state index contributed by atoms with van der Waals surface area (Å²) in [5.41, 5.74) is 3.29. The summed E-state index contributed by atoms with van der Waals surface area (Å²) in [6.45, 7) is 11.5. The second kappa shape index (κ2) is 5.61. The number of aliphatic hydroxyl groups excluding tert-OH is 1. The number of nitrogens with zero attached hydrogens (tertiary/aromatic N) is 1. The lowest BCUT2D eigenvalue weighted by atomic mass is 9.99. The molecule has 3 nitrogen and oxygen atoms in total. The first-order chi connectivity index (χ1) is 8.87. The number of aryl methyl sites for hydroxylation is 2. The summed E-state index contributed by atoms with van der Waals surface area (Å²) in [6, 6.07) is 6.26. The highest BCUT2D eigenvalue weighted by Gasteiger charge is 2.28. The monoisotopic (exact) mass is 263 g/mol. The van der Waals surface area contributed by atoms with Gasteiger partial charge in [0.2, 0.25) is 0 Å². The molecular formula is C16H25NO2. The standard InChI is InChI=1S/C16H25NO2/c1-12-5-6-13(2)14(9-12)15(18)10-17-7-8-19-16(3,4)11-17/h5-6,9,15,18H,7-8,10-11H2,1-4H3. The van der Waals surface area contributed by atoms with Gasteiger partial charge in [-0.15, -0.1) is 0 Å². The topological polar surface area (TPSA) is 32.7 Å². The van der Waals surface area contributed by atoms with E-state index < -0.39 is 6.10 Å². The quantitative estimate of drug-likeness (QED) is 0.909. The van der Waals surface area contributed by atoms with Crippen LogP contribution >= 0.6 is 0 Å². The van der Waals surface area contributed by atoms with Crippen LogP contribution in [0.15, 0.2) is 18.2 Å². The van der Waals surface area contributed by atoms with Crippen LogP contribution in [0.4, 0.5) is 0 Å². The van der Waals surface area contributed by atoms with E-state index >= 15 is 0 Å². The molecule has 1 aromatic rings. The zero-order valence-electron chi connectivity index (χ0n) is 12.4. The molecule has 0 aromatic heterocycles. The lowest BCUT2D eigenvalue weighted by Crippen LogP contribution is -2.49. The molecule has 1 aliphatic rings. The maximum atomic E-state index is 10.5. The van der Waals surface area contributed by atoms with Gasteiger partial charge in [-0.1, -0.05) is 23.8 Å². The minimum atomic E-state index is -0.422. The van der Waals surface area contributed by atoms with Crippen LogP contribution in [0.2, 0.25) is 0 Å². The van der Waals surface area contributed by atoms with Crippen LogP contribution in [0.3, 0.4) is 0 Å². The first-order valence-corrected chi connectivity index (χ1v) is 6.99. The Labute approximate surface area is 116 Å². The Balaban J connectivity index is 2.04. The number of β-amino-alcohol motifs (C(OH)–C–C–N with tert-alkyl or cyclic N) is 1. The van der Waals surface area contributed by atoms with E-state index in [1.807, 2.05) is 0 Å². The van der Waals surface area contributed by atoms with Gasteiger partial charge in [0.15, 0.2) is 0 Å². The third-order valence-corrected chi connectivity index (χ3v) is 3.73. The summed E-state index contributed by atoms with van der Waals surface area (Å²) in [6.07, 6.45) is -0.422. The van der Waals surface area contributed by atoms with E-state index in [1.165, 1.54) is 5.56 Å². The molecule has 19 heavy (non-hydrogen) atoms. The van der Waals surface area contributed by atoms with Gasteiger partial charge < -0.3 is 9.84 Å². The second-order valence-electron chi connectivity index (χ2n) is 6.22. The fourth-order valence-electron chi connectivity index (χ4n) is 2.73. The van der Waals surface area contributed by atoms with E-state index in [2.05, 4.69) is 50.8 Å². The van der Waals surface area contributed by atoms with Crippen LogP contribution in [0.5, 0.6) is 0 Å². The molecule has 1 saturated heterocycles. The molecule has 0 radical (unpaired) electrons. The van der Waals surface area contributed by atoms with Crippen LogP contribution in [0, 0.1) is 13.8 Å². The average molecular weight is 263 g/mol. The molecule has 0 amide bonds. The van der Waals surface area contributed by atoms with E-state index in [0.29, 0.717) is 6.54 Å². The van der Waals surface area contributed by atoms with Gasteiger partial charge in [-0.2, -0.15) is 0 Å². The number of hydrogen-bond donors (Lipinski definition) is 1. The van der Waals surface area contributed by atoms with Crippen molar-refractivity contribution < 1.29 is 9.84 Å². The van der Waals surface area contributed by atoms with Crippen LogP contribution in [0.25, 0.3) is 0 Å². The lowest BCUT2D eigenvalue weighted by Gasteiger charge is -2.39. The molecule has 1 unspecified atom stereocenters. The van der Waals surface area contributed by atoms with Crippen molar-refractivity contribution in [3.63, 3.8) is 0 Å². The number of aliphatic hydroxyl groups is 1. The number of benzene rings is 1. The molecule has 2 rings (SSSR count). The van der Waals surface area contributed by atoms with Gasteiger partial charge in [0, 0.05) is 19.6 Å². The Bertz CT molecular complexity index is 442. The predicted molar refractivity (Wildman–Crippen MR) is 77.3 cm³/mol. The van der Waals surface area contributed by atoms with Crippen molar-refractivity contribution in [3.05, 3.63) is 34.9 Å². The van der Waals surface area contributed by atoms with Gasteiger partial charge >= 0.3 is 0 Å². The van der Waals surface area contributed by atoms with Crippen molar-refractivity contribution in [1.29, 1.82) is 0 Å². The molecule has 0 saturated carbocycles. The van der Waals surface area contributed by atoms with Crippen molar-refractivity contribution in [2.45, 2.75) is 39.4 Å². The molecule has 1 aromatic carbocycles. The van der Waals surface area contributed by atoms with E-state index in [-0.39, 0.29) is 5.60 Å². The van der Waals surface area contributed by atoms with Gasteiger partial charge in [0.1, 0.15) is 0 Å². The van der Waals surface area contributed by atoms with E-state index in [4.69, 9.17) is 4.74 Å². The lowest BCUT2D eigenvalue weighted by molar-refractivity contribution is -0.0933. The van der Waals surface area contributed by atoms with Crippen LogP contribution < -0.4 is 0 Å². The third kappa shape index (κ3) is 3.78. The summed E-state index contributed by atoms with van der Waals surface area (Å²) in [5, 5.41) is 10.5. The number of morpholine rings is 1. The fraction of sp³-hybridized carbons (Fsp3) is 0.625. The Morgan fingerprint density at radius 3 is 2.79 bits per heavy atom. The van der Waals surface area contributed by atoms with Gasteiger partial charge in [0.25, 0.3) is 0 Å². The largest absolute Gasteiger partial charge is 0.387 e. The normalized spacial score (nSPS) is 21.3. The van der Waals surface area contributed by atoms with E-state index in [9.17, 15) is 5.11 Å². The Morgan fingerprint density at radius 2 is 2.11 bits per heavy atom. The zero-order valence-corrected chi connectivity index (χ0v) is 12.4. The maximum absolute atomic E-state index is 10.5. The predicted octanol–water partition coefficient (Wildman–Crippen LogP) is 2.45. The number of ether oxygens (including phenoxy) is 1. The molecule has 1 aliphatic heterocycles. The van der Waals surface area contributed by atoms with Crippen LogP contribution in [0.1, 0.15) is 36.6 Å². The highest BCUT2D eigenvalue weighted by Crippen LogP contribution is 2.23. The molecule has 0 bridgehead atoms. The highest BCUT2D eigenvalue weighted by atomic mass is 16.5. The van der Waals surface area contributed by atoms with Crippen molar-refractivity contribution >= 4 is 0 Å². The number of hydrogen-bond acceptors (Lipinski definition) is 3. The minimum Gasteiger partial charge on any atom is -0.387 e. The molecule has 1 atom stereocenters. The summed E-state index contributed by atoms with van der Waals surface area (Å²) in [7, 11) is 0. The molecular weight excluding hydrogens is 238 g/mol. The summed E-state index contributed by atoms with van der Waals surface area (Å²) < 4.78 is 5.70. The summed E-state index contributed by atoms with van der Waals surface area (Å²) in [5.74, 6) is 0. The maximum Gasteiger partial charge on any atom is 0.0919 e. The Hall–Kier alpha value is -0.900. The molecule has 106 valence electrons. The molecule has 0 aliphatic carbocycles. The van der Waals surface area contributed by atoms with Crippen molar-refractivity contribution in [3.8, 4) is 0 Å². The third-order valence-electron chi connectivity index (χ3n) is 3.73. The first kappa shape index (κ1) is 14.5. The average Bonchev–Trinajstić information content (AvgIpc) is 2.31.